The van der Waals surface area contributed by atoms with E-state index in [1.807, 2.05) is 0 Å². The molecule has 0 spiro atoms. The summed E-state index contributed by atoms with van der Waals surface area (Å²) in [5.74, 6) is 0. The van der Waals surface area contributed by atoms with E-state index in [2.05, 4.69) is 4.18 Å². The first kappa shape index (κ1) is 10.8. The number of hydrogen-bond acceptors (Lipinski definition) is 5. The zero-order chi connectivity index (χ0) is 8.91. The third-order valence-electron chi connectivity index (χ3n) is 0.959. The maximum Gasteiger partial charge on any atom is 0.264 e. The maximum absolute atomic E-state index is 10.3. The van der Waals surface area contributed by atoms with Gasteiger partial charge >= 0.3 is 0 Å². The summed E-state index contributed by atoms with van der Waals surface area (Å²) in [6, 6.07) is 0. The van der Waals surface area contributed by atoms with Crippen molar-refractivity contribution in [2.75, 3.05) is 19.5 Å². The molecule has 1 unspecified atom stereocenters. The highest BCUT2D eigenvalue weighted by atomic mass is 32.2. The lowest BCUT2D eigenvalue weighted by atomic mass is 10.3. The van der Waals surface area contributed by atoms with Crippen molar-refractivity contribution in [2.45, 2.75) is 12.5 Å². The van der Waals surface area contributed by atoms with Gasteiger partial charge in [0.1, 0.15) is 0 Å². The maximum atomic E-state index is 10.3. The first-order valence-corrected chi connectivity index (χ1v) is 4.90. The van der Waals surface area contributed by atoms with E-state index in [1.54, 1.807) is 0 Å². The minimum absolute atomic E-state index is 0.0967. The quantitative estimate of drug-likeness (QED) is 0.519. The van der Waals surface area contributed by atoms with E-state index in [0.717, 1.165) is 6.26 Å². The second kappa shape index (κ2) is 4.66. The van der Waals surface area contributed by atoms with Crippen molar-refractivity contribution >= 4 is 10.1 Å². The largest absolute Gasteiger partial charge is 0.394 e. The second-order valence-electron chi connectivity index (χ2n) is 2.15. The number of aliphatic hydroxyl groups is 2. The topological polar surface area (TPSA) is 83.8 Å². The SMILES string of the molecule is CS(=O)(=O)OCCC(O)CO. The van der Waals surface area contributed by atoms with Crippen LogP contribution < -0.4 is 0 Å². The fourth-order valence-electron chi connectivity index (χ4n) is 0.427. The lowest BCUT2D eigenvalue weighted by Gasteiger charge is -2.05. The monoisotopic (exact) mass is 184 g/mol. The van der Waals surface area contributed by atoms with Gasteiger partial charge in [-0.3, -0.25) is 4.18 Å². The number of aliphatic hydroxyl groups excluding tert-OH is 2. The van der Waals surface area contributed by atoms with E-state index in [0.29, 0.717) is 0 Å². The Morgan fingerprint density at radius 3 is 2.45 bits per heavy atom. The molecule has 0 radical (unpaired) electrons. The minimum Gasteiger partial charge on any atom is -0.394 e. The van der Waals surface area contributed by atoms with Crippen LogP contribution in [0.3, 0.4) is 0 Å². The Labute approximate surface area is 65.7 Å². The Morgan fingerprint density at radius 1 is 1.55 bits per heavy atom. The van der Waals surface area contributed by atoms with E-state index in [9.17, 15) is 8.42 Å². The lowest BCUT2D eigenvalue weighted by molar-refractivity contribution is 0.0764. The molecule has 1 atom stereocenters. The molecule has 5 nitrogen and oxygen atoms in total. The van der Waals surface area contributed by atoms with Crippen LogP contribution in [0.5, 0.6) is 0 Å². The standard InChI is InChI=1S/C5H12O5S/c1-11(8,9)10-3-2-5(7)4-6/h5-7H,2-4H2,1H3. The summed E-state index contributed by atoms with van der Waals surface area (Å²) in [5, 5.41) is 17.0. The van der Waals surface area contributed by atoms with Crippen molar-refractivity contribution in [3.63, 3.8) is 0 Å². The van der Waals surface area contributed by atoms with Gasteiger partial charge in [0.25, 0.3) is 10.1 Å². The van der Waals surface area contributed by atoms with Crippen LogP contribution in [-0.4, -0.2) is 44.2 Å². The zero-order valence-electron chi connectivity index (χ0n) is 6.23. The molecule has 0 saturated carbocycles. The summed E-state index contributed by atoms with van der Waals surface area (Å²) in [6.45, 7) is -0.478. The second-order valence-corrected chi connectivity index (χ2v) is 3.80. The molecular formula is C5H12O5S. The van der Waals surface area contributed by atoms with Crippen LogP contribution in [0.4, 0.5) is 0 Å². The van der Waals surface area contributed by atoms with Gasteiger partial charge in [-0.15, -0.1) is 0 Å². The molecule has 0 aliphatic rings. The molecule has 2 N–H and O–H groups in total. The molecule has 6 heteroatoms. The van der Waals surface area contributed by atoms with Crippen molar-refractivity contribution in [3.8, 4) is 0 Å². The molecular weight excluding hydrogens is 172 g/mol. The molecule has 68 valence electrons. The fourth-order valence-corrected chi connectivity index (χ4v) is 0.826. The van der Waals surface area contributed by atoms with Gasteiger partial charge in [0.2, 0.25) is 0 Å². The van der Waals surface area contributed by atoms with Gasteiger partial charge in [0, 0.05) is 6.42 Å². The van der Waals surface area contributed by atoms with Crippen LogP contribution in [-0.2, 0) is 14.3 Å². The summed E-state index contributed by atoms with van der Waals surface area (Å²) in [6.07, 6.45) is 0.138. The highest BCUT2D eigenvalue weighted by Gasteiger charge is 2.05. The Morgan fingerprint density at radius 2 is 2.09 bits per heavy atom. The average molecular weight is 184 g/mol. The van der Waals surface area contributed by atoms with Crippen LogP contribution >= 0.6 is 0 Å². The van der Waals surface area contributed by atoms with E-state index in [-0.39, 0.29) is 19.6 Å². The number of hydrogen-bond donors (Lipinski definition) is 2. The van der Waals surface area contributed by atoms with E-state index in [4.69, 9.17) is 10.2 Å². The number of rotatable bonds is 5. The average Bonchev–Trinajstić information content (AvgIpc) is 1.85. The molecule has 11 heavy (non-hydrogen) atoms. The van der Waals surface area contributed by atoms with E-state index < -0.39 is 16.2 Å². The van der Waals surface area contributed by atoms with E-state index >= 15 is 0 Å². The molecule has 0 aromatic rings. The predicted octanol–water partition coefficient (Wildman–Crippen LogP) is -1.29. The predicted molar refractivity (Wildman–Crippen MR) is 38.5 cm³/mol. The molecule has 0 heterocycles. The fraction of sp³-hybridized carbons (Fsp3) is 1.00. The van der Waals surface area contributed by atoms with Gasteiger partial charge in [-0.25, -0.2) is 0 Å². The van der Waals surface area contributed by atoms with Gasteiger partial charge < -0.3 is 10.2 Å². The molecule has 0 saturated heterocycles. The molecule has 0 aromatic heterocycles. The molecule has 0 rings (SSSR count). The Bertz CT molecular complexity index is 185. The molecule has 0 bridgehead atoms. The van der Waals surface area contributed by atoms with Crippen molar-refractivity contribution in [1.29, 1.82) is 0 Å². The van der Waals surface area contributed by atoms with Gasteiger partial charge in [-0.1, -0.05) is 0 Å². The van der Waals surface area contributed by atoms with Crippen molar-refractivity contribution < 1.29 is 22.8 Å². The van der Waals surface area contributed by atoms with E-state index in [1.165, 1.54) is 0 Å². The highest BCUT2D eigenvalue weighted by molar-refractivity contribution is 7.85. The Kier molecular flexibility index (Phi) is 4.58. The minimum atomic E-state index is -3.42. The normalized spacial score (nSPS) is 14.8. The summed E-state index contributed by atoms with van der Waals surface area (Å²) < 4.78 is 25.0. The molecule has 0 aliphatic carbocycles. The highest BCUT2D eigenvalue weighted by Crippen LogP contribution is 1.94. The van der Waals surface area contributed by atoms with Crippen LogP contribution in [0.15, 0.2) is 0 Å². The Hall–Kier alpha value is -0.170. The van der Waals surface area contributed by atoms with Gasteiger partial charge in [0.15, 0.2) is 0 Å². The first-order valence-electron chi connectivity index (χ1n) is 3.09. The summed E-state index contributed by atoms with van der Waals surface area (Å²) in [5.41, 5.74) is 0. The van der Waals surface area contributed by atoms with Crippen LogP contribution in [0.1, 0.15) is 6.42 Å². The van der Waals surface area contributed by atoms with Gasteiger partial charge in [-0.2, -0.15) is 8.42 Å². The third kappa shape index (κ3) is 7.73. The van der Waals surface area contributed by atoms with Gasteiger partial charge in [0.05, 0.1) is 25.6 Å². The molecule has 0 fully saturated rings. The van der Waals surface area contributed by atoms with Gasteiger partial charge in [-0.05, 0) is 0 Å². The summed E-state index contributed by atoms with van der Waals surface area (Å²) in [4.78, 5) is 0. The Balaban J connectivity index is 3.43. The summed E-state index contributed by atoms with van der Waals surface area (Å²) >= 11 is 0. The third-order valence-corrected chi connectivity index (χ3v) is 1.55. The van der Waals surface area contributed by atoms with Crippen LogP contribution in [0.2, 0.25) is 0 Å². The lowest BCUT2D eigenvalue weighted by Crippen LogP contribution is -2.16. The van der Waals surface area contributed by atoms with Crippen LogP contribution in [0, 0.1) is 0 Å². The smallest absolute Gasteiger partial charge is 0.264 e. The van der Waals surface area contributed by atoms with Crippen molar-refractivity contribution in [1.82, 2.24) is 0 Å². The first-order chi connectivity index (χ1) is 4.95. The molecule has 0 aliphatic heterocycles. The van der Waals surface area contributed by atoms with Crippen molar-refractivity contribution in [2.24, 2.45) is 0 Å². The van der Waals surface area contributed by atoms with Crippen molar-refractivity contribution in [3.05, 3.63) is 0 Å². The zero-order valence-corrected chi connectivity index (χ0v) is 7.04. The summed E-state index contributed by atoms with van der Waals surface area (Å²) in [7, 11) is -3.42. The van der Waals surface area contributed by atoms with Crippen LogP contribution in [0.25, 0.3) is 0 Å². The molecule has 0 aromatic carbocycles. The molecule has 0 amide bonds.